The molecule has 1 saturated heterocycles. The molecule has 114 valence electrons. The third kappa shape index (κ3) is 5.07. The molecule has 0 radical (unpaired) electrons. The zero-order valence-corrected chi connectivity index (χ0v) is 11.9. The maximum atomic E-state index is 12.0. The second-order valence-corrected chi connectivity index (χ2v) is 5.96. The lowest BCUT2D eigenvalue weighted by atomic mass is 9.84. The fourth-order valence-electron chi connectivity index (χ4n) is 2.36. The number of piperidine rings is 1. The molecule has 7 heteroatoms. The molecule has 1 rings (SSSR count). The van der Waals surface area contributed by atoms with Gasteiger partial charge in [-0.25, -0.2) is 9.59 Å². The van der Waals surface area contributed by atoms with Crippen LogP contribution in [0, 0.1) is 5.41 Å². The summed E-state index contributed by atoms with van der Waals surface area (Å²) in [5.74, 6) is -2.29. The van der Waals surface area contributed by atoms with Crippen LogP contribution in [-0.4, -0.2) is 52.2 Å². The standard InChI is InChI=1S/C13H22N2O5/c1-13(2)6-3-7-15(8-13)12(20)14-9(11(18)19)4-5-10(16)17/h9H,3-8H2,1-2H3,(H,14,20)(H,16,17)(H,18,19). The van der Waals surface area contributed by atoms with Crippen LogP contribution in [0.15, 0.2) is 0 Å². The number of amides is 2. The van der Waals surface area contributed by atoms with E-state index in [4.69, 9.17) is 10.2 Å². The van der Waals surface area contributed by atoms with Gasteiger partial charge < -0.3 is 20.4 Å². The Labute approximate surface area is 117 Å². The van der Waals surface area contributed by atoms with E-state index in [2.05, 4.69) is 19.2 Å². The molecule has 7 nitrogen and oxygen atoms in total. The molecule has 0 saturated carbocycles. The smallest absolute Gasteiger partial charge is 0.326 e. The number of carbonyl (C=O) groups excluding carboxylic acids is 1. The summed E-state index contributed by atoms with van der Waals surface area (Å²) in [4.78, 5) is 35.2. The Morgan fingerprint density at radius 3 is 2.45 bits per heavy atom. The third-order valence-electron chi connectivity index (χ3n) is 3.43. The number of carboxylic acid groups (broad SMARTS) is 2. The SMILES string of the molecule is CC1(C)CCCN(C(=O)NC(CCC(=O)O)C(=O)O)C1. The molecule has 1 fully saturated rings. The molecule has 1 atom stereocenters. The van der Waals surface area contributed by atoms with Gasteiger partial charge >= 0.3 is 18.0 Å². The second kappa shape index (κ2) is 6.58. The maximum absolute atomic E-state index is 12.0. The summed E-state index contributed by atoms with van der Waals surface area (Å²) in [7, 11) is 0. The van der Waals surface area contributed by atoms with Gasteiger partial charge in [0.1, 0.15) is 6.04 Å². The van der Waals surface area contributed by atoms with Gasteiger partial charge in [0.2, 0.25) is 0 Å². The fraction of sp³-hybridized carbons (Fsp3) is 0.769. The minimum Gasteiger partial charge on any atom is -0.481 e. The molecular formula is C13H22N2O5. The lowest BCUT2D eigenvalue weighted by molar-refractivity contribution is -0.140. The summed E-state index contributed by atoms with van der Waals surface area (Å²) in [5, 5.41) is 20.0. The summed E-state index contributed by atoms with van der Waals surface area (Å²) >= 11 is 0. The lowest BCUT2D eigenvalue weighted by Gasteiger charge is -2.38. The van der Waals surface area contributed by atoms with Crippen LogP contribution in [0.2, 0.25) is 0 Å². The average Bonchev–Trinajstić information content (AvgIpc) is 2.32. The van der Waals surface area contributed by atoms with E-state index in [9.17, 15) is 14.4 Å². The minimum absolute atomic E-state index is 0.0232. The van der Waals surface area contributed by atoms with Crippen LogP contribution in [0.5, 0.6) is 0 Å². The Bertz CT molecular complexity index is 394. The lowest BCUT2D eigenvalue weighted by Crippen LogP contribution is -2.52. The van der Waals surface area contributed by atoms with Crippen LogP contribution >= 0.6 is 0 Å². The van der Waals surface area contributed by atoms with Crippen molar-refractivity contribution in [2.24, 2.45) is 5.41 Å². The first-order valence-electron chi connectivity index (χ1n) is 6.71. The predicted molar refractivity (Wildman–Crippen MR) is 71.4 cm³/mol. The number of hydrogen-bond acceptors (Lipinski definition) is 3. The van der Waals surface area contributed by atoms with Crippen LogP contribution in [0.25, 0.3) is 0 Å². The number of aliphatic carboxylic acids is 2. The van der Waals surface area contributed by atoms with Crippen LogP contribution in [0.1, 0.15) is 39.5 Å². The monoisotopic (exact) mass is 286 g/mol. The van der Waals surface area contributed by atoms with E-state index in [1.165, 1.54) is 0 Å². The largest absolute Gasteiger partial charge is 0.481 e. The molecule has 2 amide bonds. The third-order valence-corrected chi connectivity index (χ3v) is 3.43. The predicted octanol–water partition coefficient (Wildman–Crippen LogP) is 1.14. The number of rotatable bonds is 5. The summed E-state index contributed by atoms with van der Waals surface area (Å²) in [6, 6.07) is -1.60. The highest BCUT2D eigenvalue weighted by atomic mass is 16.4. The van der Waals surface area contributed by atoms with Crippen molar-refractivity contribution < 1.29 is 24.6 Å². The second-order valence-electron chi connectivity index (χ2n) is 5.96. The quantitative estimate of drug-likeness (QED) is 0.702. The highest BCUT2D eigenvalue weighted by Crippen LogP contribution is 2.28. The van der Waals surface area contributed by atoms with Crippen molar-refractivity contribution in [3.8, 4) is 0 Å². The molecule has 0 bridgehead atoms. The molecule has 1 unspecified atom stereocenters. The Kier molecular flexibility index (Phi) is 5.35. The molecule has 3 N–H and O–H groups in total. The number of nitrogens with one attached hydrogen (secondary N) is 1. The van der Waals surface area contributed by atoms with E-state index >= 15 is 0 Å². The summed E-state index contributed by atoms with van der Waals surface area (Å²) in [6.45, 7) is 5.29. The normalized spacial score (nSPS) is 19.2. The molecule has 0 aromatic heterocycles. The van der Waals surface area contributed by atoms with Gasteiger partial charge in [0.25, 0.3) is 0 Å². The Morgan fingerprint density at radius 2 is 1.95 bits per heavy atom. The van der Waals surface area contributed by atoms with Gasteiger partial charge in [-0.1, -0.05) is 13.8 Å². The van der Waals surface area contributed by atoms with Gasteiger partial charge in [0, 0.05) is 19.5 Å². The highest BCUT2D eigenvalue weighted by molar-refractivity contribution is 5.83. The van der Waals surface area contributed by atoms with Gasteiger partial charge in [0.15, 0.2) is 0 Å². The zero-order valence-electron chi connectivity index (χ0n) is 11.9. The topological polar surface area (TPSA) is 107 Å². The van der Waals surface area contributed by atoms with Crippen LogP contribution < -0.4 is 5.32 Å². The van der Waals surface area contributed by atoms with Crippen molar-refractivity contribution in [1.29, 1.82) is 0 Å². The van der Waals surface area contributed by atoms with Crippen molar-refractivity contribution in [2.75, 3.05) is 13.1 Å². The van der Waals surface area contributed by atoms with E-state index in [-0.39, 0.29) is 18.3 Å². The van der Waals surface area contributed by atoms with Gasteiger partial charge in [-0.05, 0) is 24.7 Å². The summed E-state index contributed by atoms with van der Waals surface area (Å²) < 4.78 is 0. The van der Waals surface area contributed by atoms with Crippen molar-refractivity contribution in [2.45, 2.75) is 45.6 Å². The fourth-order valence-corrected chi connectivity index (χ4v) is 2.36. The number of nitrogens with zero attached hydrogens (tertiary/aromatic N) is 1. The van der Waals surface area contributed by atoms with E-state index in [1.54, 1.807) is 4.90 Å². The number of carbonyl (C=O) groups is 3. The first-order chi connectivity index (χ1) is 9.21. The maximum Gasteiger partial charge on any atom is 0.326 e. The van der Waals surface area contributed by atoms with E-state index in [0.29, 0.717) is 13.1 Å². The van der Waals surface area contributed by atoms with E-state index in [0.717, 1.165) is 12.8 Å². The highest BCUT2D eigenvalue weighted by Gasteiger charge is 2.31. The van der Waals surface area contributed by atoms with E-state index in [1.807, 2.05) is 0 Å². The minimum atomic E-state index is -1.21. The molecule has 0 spiro atoms. The molecule has 1 aliphatic rings. The Balaban J connectivity index is 2.57. The number of carboxylic acids is 2. The summed E-state index contributed by atoms with van der Waals surface area (Å²) in [5.41, 5.74) is 0.0232. The number of hydrogen-bond donors (Lipinski definition) is 3. The molecule has 0 aromatic rings. The Hall–Kier alpha value is -1.79. The molecular weight excluding hydrogens is 264 g/mol. The molecule has 0 aromatic carbocycles. The van der Waals surface area contributed by atoms with Gasteiger partial charge in [-0.3, -0.25) is 4.79 Å². The van der Waals surface area contributed by atoms with Crippen molar-refractivity contribution in [3.63, 3.8) is 0 Å². The van der Waals surface area contributed by atoms with Gasteiger partial charge in [0.05, 0.1) is 0 Å². The molecule has 1 heterocycles. The van der Waals surface area contributed by atoms with Crippen molar-refractivity contribution in [3.05, 3.63) is 0 Å². The zero-order chi connectivity index (χ0) is 15.3. The van der Waals surface area contributed by atoms with Crippen LogP contribution in [0.4, 0.5) is 4.79 Å². The molecule has 20 heavy (non-hydrogen) atoms. The van der Waals surface area contributed by atoms with Crippen LogP contribution in [0.3, 0.4) is 0 Å². The van der Waals surface area contributed by atoms with Gasteiger partial charge in [-0.2, -0.15) is 0 Å². The average molecular weight is 286 g/mol. The number of urea groups is 1. The van der Waals surface area contributed by atoms with E-state index < -0.39 is 24.0 Å². The molecule has 1 aliphatic heterocycles. The summed E-state index contributed by atoms with van der Waals surface area (Å²) in [6.07, 6.45) is 1.50. The first-order valence-corrected chi connectivity index (χ1v) is 6.71. The Morgan fingerprint density at radius 1 is 1.30 bits per heavy atom. The van der Waals surface area contributed by atoms with Crippen molar-refractivity contribution >= 4 is 18.0 Å². The molecule has 0 aliphatic carbocycles. The van der Waals surface area contributed by atoms with Gasteiger partial charge in [-0.15, -0.1) is 0 Å². The van der Waals surface area contributed by atoms with Crippen molar-refractivity contribution in [1.82, 2.24) is 10.2 Å². The first kappa shape index (κ1) is 16.3. The number of likely N-dealkylation sites (tertiary alicyclic amines) is 1. The van der Waals surface area contributed by atoms with Crippen LogP contribution in [-0.2, 0) is 9.59 Å².